The summed E-state index contributed by atoms with van der Waals surface area (Å²) in [5.41, 5.74) is 9.50. The summed E-state index contributed by atoms with van der Waals surface area (Å²) in [6, 6.07) is 9.88. The number of aryl methyl sites for hydroxylation is 1. The number of nitrogen functional groups attached to an aromatic ring is 1. The molecule has 0 aliphatic heterocycles. The van der Waals surface area contributed by atoms with E-state index in [1.807, 2.05) is 48.1 Å². The fraction of sp³-hybridized carbons (Fsp3) is 0.0833. The van der Waals surface area contributed by atoms with Gasteiger partial charge in [-0.2, -0.15) is 0 Å². The number of H-pyrrole nitrogens is 1. The first kappa shape index (κ1) is 9.03. The van der Waals surface area contributed by atoms with Gasteiger partial charge in [0.15, 0.2) is 5.82 Å². The zero-order valence-corrected chi connectivity index (χ0v) is 8.94. The normalized spacial score (nSPS) is 11.1. The minimum Gasteiger partial charge on any atom is -0.397 e. The van der Waals surface area contributed by atoms with Crippen molar-refractivity contribution in [2.75, 3.05) is 5.73 Å². The molecule has 2 heterocycles. The van der Waals surface area contributed by atoms with Gasteiger partial charge in [0.2, 0.25) is 0 Å². The predicted octanol–water partition coefficient (Wildman–Crippen LogP) is 2.15. The molecule has 0 aliphatic rings. The molecule has 1 aromatic carbocycles. The van der Waals surface area contributed by atoms with Crippen LogP contribution in [0.2, 0.25) is 0 Å². The molecule has 0 aliphatic carbocycles. The number of hydrogen-bond acceptors (Lipinski definition) is 2. The Morgan fingerprint density at radius 1 is 1.31 bits per heavy atom. The van der Waals surface area contributed by atoms with Crippen LogP contribution in [-0.2, 0) is 7.05 Å². The van der Waals surface area contributed by atoms with E-state index in [0.29, 0.717) is 0 Å². The zero-order chi connectivity index (χ0) is 11.1. The number of hydrogen-bond donors (Lipinski definition) is 2. The highest BCUT2D eigenvalue weighted by Gasteiger charge is 2.08. The maximum Gasteiger partial charge on any atom is 0.155 e. The summed E-state index contributed by atoms with van der Waals surface area (Å²) in [5.74, 6) is 0.848. The SMILES string of the molecule is Cn1cc(N)cc1-c1nc2ccccc2[nH]1. The number of nitrogens with two attached hydrogens (primary N) is 1. The smallest absolute Gasteiger partial charge is 0.155 e. The number of nitrogens with one attached hydrogen (secondary N) is 1. The largest absolute Gasteiger partial charge is 0.397 e. The maximum absolute atomic E-state index is 5.75. The molecule has 0 saturated heterocycles. The lowest BCUT2D eigenvalue weighted by Crippen LogP contribution is -1.90. The summed E-state index contributed by atoms with van der Waals surface area (Å²) in [6.45, 7) is 0. The van der Waals surface area contributed by atoms with Gasteiger partial charge in [0.05, 0.1) is 22.4 Å². The molecule has 16 heavy (non-hydrogen) atoms. The van der Waals surface area contributed by atoms with E-state index in [4.69, 9.17) is 5.73 Å². The highest BCUT2D eigenvalue weighted by molar-refractivity contribution is 5.79. The zero-order valence-electron chi connectivity index (χ0n) is 8.94. The summed E-state index contributed by atoms with van der Waals surface area (Å²) in [4.78, 5) is 7.80. The van der Waals surface area contributed by atoms with E-state index < -0.39 is 0 Å². The molecule has 0 spiro atoms. The number of imidazole rings is 1. The maximum atomic E-state index is 5.75. The van der Waals surface area contributed by atoms with Gasteiger partial charge in [-0.05, 0) is 18.2 Å². The Balaban J connectivity index is 2.22. The average Bonchev–Trinajstić information content (AvgIpc) is 2.81. The molecule has 2 aromatic heterocycles. The van der Waals surface area contributed by atoms with Crippen LogP contribution in [0.1, 0.15) is 0 Å². The molecule has 3 N–H and O–H groups in total. The van der Waals surface area contributed by atoms with Gasteiger partial charge in [0.25, 0.3) is 0 Å². The number of anilines is 1. The molecule has 4 heteroatoms. The van der Waals surface area contributed by atoms with Crippen molar-refractivity contribution in [3.8, 4) is 11.5 Å². The molecule has 0 radical (unpaired) electrons. The fourth-order valence-electron chi connectivity index (χ4n) is 1.90. The van der Waals surface area contributed by atoms with Gasteiger partial charge in [0, 0.05) is 13.2 Å². The quantitative estimate of drug-likeness (QED) is 0.649. The van der Waals surface area contributed by atoms with E-state index in [0.717, 1.165) is 28.2 Å². The molecular weight excluding hydrogens is 200 g/mol. The Labute approximate surface area is 92.7 Å². The molecular formula is C12H12N4. The molecule has 0 fully saturated rings. The van der Waals surface area contributed by atoms with Gasteiger partial charge >= 0.3 is 0 Å². The second-order valence-electron chi connectivity index (χ2n) is 3.87. The van der Waals surface area contributed by atoms with Gasteiger partial charge in [-0.15, -0.1) is 0 Å². The first-order valence-electron chi connectivity index (χ1n) is 5.11. The number of para-hydroxylation sites is 2. The summed E-state index contributed by atoms with van der Waals surface area (Å²) in [5, 5.41) is 0. The lowest BCUT2D eigenvalue weighted by atomic mass is 10.3. The molecule has 3 aromatic rings. The Hall–Kier alpha value is -2.23. The van der Waals surface area contributed by atoms with Gasteiger partial charge in [-0.25, -0.2) is 4.98 Å². The van der Waals surface area contributed by atoms with E-state index in [1.54, 1.807) is 0 Å². The van der Waals surface area contributed by atoms with Crippen LogP contribution < -0.4 is 5.73 Å². The van der Waals surface area contributed by atoms with E-state index >= 15 is 0 Å². The van der Waals surface area contributed by atoms with Crippen LogP contribution in [0, 0.1) is 0 Å². The van der Waals surface area contributed by atoms with Crippen molar-refractivity contribution in [3.05, 3.63) is 36.5 Å². The average molecular weight is 212 g/mol. The molecule has 0 amide bonds. The number of rotatable bonds is 1. The van der Waals surface area contributed by atoms with Crippen molar-refractivity contribution < 1.29 is 0 Å². The summed E-state index contributed by atoms with van der Waals surface area (Å²) in [6.07, 6.45) is 1.88. The summed E-state index contributed by atoms with van der Waals surface area (Å²) in [7, 11) is 1.96. The van der Waals surface area contributed by atoms with Crippen molar-refractivity contribution in [3.63, 3.8) is 0 Å². The van der Waals surface area contributed by atoms with Crippen LogP contribution in [0.3, 0.4) is 0 Å². The summed E-state index contributed by atoms with van der Waals surface area (Å²) < 4.78 is 1.97. The highest BCUT2D eigenvalue weighted by Crippen LogP contribution is 2.22. The van der Waals surface area contributed by atoms with E-state index in [2.05, 4.69) is 9.97 Å². The monoisotopic (exact) mass is 212 g/mol. The minimum atomic E-state index is 0.748. The van der Waals surface area contributed by atoms with Crippen molar-refractivity contribution in [1.29, 1.82) is 0 Å². The fourth-order valence-corrected chi connectivity index (χ4v) is 1.90. The van der Waals surface area contributed by atoms with E-state index in [-0.39, 0.29) is 0 Å². The second kappa shape index (κ2) is 3.13. The number of fused-ring (bicyclic) bond motifs is 1. The lowest BCUT2D eigenvalue weighted by Gasteiger charge is -1.96. The van der Waals surface area contributed by atoms with Gasteiger partial charge in [-0.3, -0.25) is 0 Å². The molecule has 4 nitrogen and oxygen atoms in total. The van der Waals surface area contributed by atoms with Crippen LogP contribution in [0.5, 0.6) is 0 Å². The van der Waals surface area contributed by atoms with Crippen LogP contribution in [-0.4, -0.2) is 14.5 Å². The van der Waals surface area contributed by atoms with Gasteiger partial charge < -0.3 is 15.3 Å². The minimum absolute atomic E-state index is 0.748. The third-order valence-electron chi connectivity index (χ3n) is 2.66. The van der Waals surface area contributed by atoms with Crippen LogP contribution in [0.4, 0.5) is 5.69 Å². The molecule has 0 unspecified atom stereocenters. The van der Waals surface area contributed by atoms with Crippen LogP contribution >= 0.6 is 0 Å². The van der Waals surface area contributed by atoms with Crippen molar-refractivity contribution >= 4 is 16.7 Å². The lowest BCUT2D eigenvalue weighted by molar-refractivity contribution is 0.928. The Kier molecular flexibility index (Phi) is 1.77. The van der Waals surface area contributed by atoms with Crippen molar-refractivity contribution in [2.24, 2.45) is 7.05 Å². The molecule has 0 saturated carbocycles. The molecule has 3 rings (SSSR count). The standard InChI is InChI=1S/C12H12N4/c1-16-7-8(13)6-11(16)12-14-9-4-2-3-5-10(9)15-12/h2-7H,13H2,1H3,(H,14,15). The summed E-state index contributed by atoms with van der Waals surface area (Å²) >= 11 is 0. The second-order valence-corrected chi connectivity index (χ2v) is 3.87. The molecule has 0 atom stereocenters. The number of aromatic nitrogens is 3. The third-order valence-corrected chi connectivity index (χ3v) is 2.66. The van der Waals surface area contributed by atoms with Gasteiger partial charge in [0.1, 0.15) is 0 Å². The first-order chi connectivity index (χ1) is 7.74. The topological polar surface area (TPSA) is 59.6 Å². The number of aromatic amines is 1. The van der Waals surface area contributed by atoms with Crippen molar-refractivity contribution in [2.45, 2.75) is 0 Å². The molecule has 0 bridgehead atoms. The van der Waals surface area contributed by atoms with Crippen LogP contribution in [0.15, 0.2) is 36.5 Å². The highest BCUT2D eigenvalue weighted by atomic mass is 15.0. The van der Waals surface area contributed by atoms with Gasteiger partial charge in [-0.1, -0.05) is 12.1 Å². The molecule has 80 valence electrons. The predicted molar refractivity (Wildman–Crippen MR) is 64.9 cm³/mol. The Bertz CT molecular complexity index is 615. The van der Waals surface area contributed by atoms with E-state index in [9.17, 15) is 0 Å². The number of nitrogens with zero attached hydrogens (tertiary/aromatic N) is 2. The Morgan fingerprint density at radius 3 is 2.81 bits per heavy atom. The van der Waals surface area contributed by atoms with E-state index in [1.165, 1.54) is 0 Å². The third kappa shape index (κ3) is 1.27. The number of benzene rings is 1. The van der Waals surface area contributed by atoms with Crippen molar-refractivity contribution in [1.82, 2.24) is 14.5 Å². The Morgan fingerprint density at radius 2 is 2.12 bits per heavy atom. The van der Waals surface area contributed by atoms with Crippen LogP contribution in [0.25, 0.3) is 22.6 Å². The first-order valence-corrected chi connectivity index (χ1v) is 5.11.